The summed E-state index contributed by atoms with van der Waals surface area (Å²) in [4.78, 5) is 14.5. The lowest BCUT2D eigenvalue weighted by molar-refractivity contribution is -0.122. The van der Waals surface area contributed by atoms with Crippen molar-refractivity contribution in [3.63, 3.8) is 0 Å². The molecule has 0 aromatic rings. The van der Waals surface area contributed by atoms with Gasteiger partial charge in [0.05, 0.1) is 0 Å². The van der Waals surface area contributed by atoms with Crippen molar-refractivity contribution in [3.05, 3.63) is 0 Å². The number of rotatable bonds is 6. The summed E-state index contributed by atoms with van der Waals surface area (Å²) in [5.41, 5.74) is 0.166. The van der Waals surface area contributed by atoms with Crippen LogP contribution in [0.5, 0.6) is 0 Å². The topological polar surface area (TPSA) is 44.4 Å². The highest BCUT2D eigenvalue weighted by atomic mass is 16.1. The molecule has 0 aromatic heterocycles. The van der Waals surface area contributed by atoms with Crippen LogP contribution in [0.1, 0.15) is 58.3 Å². The number of hydrogen-bond acceptors (Lipinski definition) is 3. The molecule has 1 saturated carbocycles. The molecule has 2 rings (SSSR count). The van der Waals surface area contributed by atoms with Gasteiger partial charge >= 0.3 is 0 Å². The Balaban J connectivity index is 1.76. The van der Waals surface area contributed by atoms with Gasteiger partial charge in [-0.25, -0.2) is 0 Å². The molecule has 1 heterocycles. The van der Waals surface area contributed by atoms with Gasteiger partial charge in [0.2, 0.25) is 5.91 Å². The van der Waals surface area contributed by atoms with Crippen LogP contribution in [0.25, 0.3) is 0 Å². The van der Waals surface area contributed by atoms with Gasteiger partial charge in [0, 0.05) is 24.5 Å². The van der Waals surface area contributed by atoms with Crippen LogP contribution in [0.4, 0.5) is 0 Å². The lowest BCUT2D eigenvalue weighted by Gasteiger charge is -2.45. The van der Waals surface area contributed by atoms with Crippen LogP contribution in [-0.4, -0.2) is 49.6 Å². The zero-order valence-electron chi connectivity index (χ0n) is 14.1. The maximum Gasteiger partial charge on any atom is 0.220 e. The number of hydrogen-bond donors (Lipinski definition) is 2. The minimum absolute atomic E-state index is 0.166. The smallest absolute Gasteiger partial charge is 0.220 e. The van der Waals surface area contributed by atoms with E-state index in [1.54, 1.807) is 0 Å². The Morgan fingerprint density at radius 2 is 2.14 bits per heavy atom. The molecule has 1 aliphatic heterocycles. The van der Waals surface area contributed by atoms with E-state index in [1.165, 1.54) is 38.5 Å². The summed E-state index contributed by atoms with van der Waals surface area (Å²) in [5.74, 6) is 0.990. The van der Waals surface area contributed by atoms with E-state index in [0.717, 1.165) is 25.4 Å². The summed E-state index contributed by atoms with van der Waals surface area (Å²) in [5, 5.41) is 6.67. The summed E-state index contributed by atoms with van der Waals surface area (Å²) in [7, 11) is 4.32. The van der Waals surface area contributed by atoms with E-state index in [0.29, 0.717) is 12.5 Å². The molecule has 3 unspecified atom stereocenters. The van der Waals surface area contributed by atoms with Crippen molar-refractivity contribution in [2.75, 3.05) is 27.2 Å². The molecular weight excluding hydrogens is 262 g/mol. The predicted octanol–water partition coefficient (Wildman–Crippen LogP) is 2.15. The Morgan fingerprint density at radius 3 is 2.76 bits per heavy atom. The Labute approximate surface area is 130 Å². The molecule has 122 valence electrons. The first-order chi connectivity index (χ1) is 10.0. The van der Waals surface area contributed by atoms with E-state index in [4.69, 9.17) is 0 Å². The summed E-state index contributed by atoms with van der Waals surface area (Å²) in [6.45, 7) is 4.26. The lowest BCUT2D eigenvalue weighted by Crippen LogP contribution is -2.55. The maximum absolute atomic E-state index is 12.1. The second-order valence-corrected chi connectivity index (χ2v) is 7.43. The fourth-order valence-corrected chi connectivity index (χ4v) is 4.02. The van der Waals surface area contributed by atoms with E-state index >= 15 is 0 Å². The molecular formula is C17H33N3O. The first kappa shape index (κ1) is 16.8. The van der Waals surface area contributed by atoms with Crippen LogP contribution >= 0.6 is 0 Å². The van der Waals surface area contributed by atoms with E-state index < -0.39 is 0 Å². The van der Waals surface area contributed by atoms with Crippen LogP contribution in [0.15, 0.2) is 0 Å². The van der Waals surface area contributed by atoms with Crippen molar-refractivity contribution < 1.29 is 4.79 Å². The Bertz CT molecular complexity index is 339. The van der Waals surface area contributed by atoms with Gasteiger partial charge in [-0.3, -0.25) is 4.79 Å². The number of carbonyl (C=O) groups is 1. The summed E-state index contributed by atoms with van der Waals surface area (Å²) in [6.07, 6.45) is 9.14. The first-order valence-corrected chi connectivity index (χ1v) is 8.69. The van der Waals surface area contributed by atoms with E-state index in [9.17, 15) is 4.79 Å². The fourth-order valence-electron chi connectivity index (χ4n) is 4.02. The largest absolute Gasteiger partial charge is 0.354 e. The number of nitrogens with one attached hydrogen (secondary N) is 2. The van der Waals surface area contributed by atoms with Crippen molar-refractivity contribution in [1.82, 2.24) is 15.5 Å². The van der Waals surface area contributed by atoms with Gasteiger partial charge in [0.15, 0.2) is 0 Å². The second kappa shape index (κ2) is 7.59. The minimum Gasteiger partial charge on any atom is -0.354 e. The van der Waals surface area contributed by atoms with Gasteiger partial charge in [-0.05, 0) is 58.7 Å². The van der Waals surface area contributed by atoms with Crippen LogP contribution in [-0.2, 0) is 4.79 Å². The monoisotopic (exact) mass is 295 g/mol. The highest BCUT2D eigenvalue weighted by Gasteiger charge is 2.37. The van der Waals surface area contributed by atoms with Crippen molar-refractivity contribution in [2.24, 2.45) is 5.92 Å². The van der Waals surface area contributed by atoms with Crippen LogP contribution in [0.2, 0.25) is 0 Å². The third kappa shape index (κ3) is 4.68. The van der Waals surface area contributed by atoms with Gasteiger partial charge in [0.1, 0.15) is 0 Å². The molecule has 0 aromatic carbocycles. The quantitative estimate of drug-likeness (QED) is 0.789. The Kier molecular flexibility index (Phi) is 6.06. The molecule has 2 fully saturated rings. The van der Waals surface area contributed by atoms with E-state index in [1.807, 2.05) is 0 Å². The molecule has 1 amide bonds. The number of carbonyl (C=O) groups excluding carboxylic acids is 1. The third-order valence-corrected chi connectivity index (χ3v) is 5.51. The standard InChI is InChI=1S/C17H33N3O/c1-14-6-4-10-17(12-14,20(2)3)13-19-16(21)9-8-15-7-5-11-18-15/h14-15,18H,4-13H2,1-3H3,(H,19,21). The lowest BCUT2D eigenvalue weighted by atomic mass is 9.75. The molecule has 21 heavy (non-hydrogen) atoms. The van der Waals surface area contributed by atoms with Crippen molar-refractivity contribution >= 4 is 5.91 Å². The number of amides is 1. The van der Waals surface area contributed by atoms with E-state index in [2.05, 4.69) is 36.6 Å². The highest BCUT2D eigenvalue weighted by Crippen LogP contribution is 2.35. The van der Waals surface area contributed by atoms with Gasteiger partial charge in [0.25, 0.3) is 0 Å². The van der Waals surface area contributed by atoms with Gasteiger partial charge < -0.3 is 15.5 Å². The Hall–Kier alpha value is -0.610. The Morgan fingerprint density at radius 1 is 1.33 bits per heavy atom. The zero-order chi connectivity index (χ0) is 15.3. The van der Waals surface area contributed by atoms with Gasteiger partial charge in [-0.1, -0.05) is 19.8 Å². The molecule has 4 heteroatoms. The maximum atomic E-state index is 12.1. The molecule has 3 atom stereocenters. The normalized spacial score (nSPS) is 33.3. The molecule has 4 nitrogen and oxygen atoms in total. The molecule has 1 saturated heterocycles. The number of likely N-dealkylation sites (N-methyl/N-ethyl adjacent to an activating group) is 1. The third-order valence-electron chi connectivity index (χ3n) is 5.51. The molecule has 2 aliphatic rings. The average Bonchev–Trinajstić information content (AvgIpc) is 2.96. The molecule has 1 aliphatic carbocycles. The molecule has 0 radical (unpaired) electrons. The van der Waals surface area contributed by atoms with Crippen molar-refractivity contribution in [2.45, 2.75) is 69.9 Å². The molecule has 0 spiro atoms. The highest BCUT2D eigenvalue weighted by molar-refractivity contribution is 5.76. The number of nitrogens with zero attached hydrogens (tertiary/aromatic N) is 1. The second-order valence-electron chi connectivity index (χ2n) is 7.43. The van der Waals surface area contributed by atoms with Crippen LogP contribution in [0.3, 0.4) is 0 Å². The fraction of sp³-hybridized carbons (Fsp3) is 0.941. The van der Waals surface area contributed by atoms with E-state index in [-0.39, 0.29) is 11.4 Å². The van der Waals surface area contributed by atoms with Crippen LogP contribution < -0.4 is 10.6 Å². The zero-order valence-corrected chi connectivity index (χ0v) is 14.1. The van der Waals surface area contributed by atoms with Crippen molar-refractivity contribution in [1.29, 1.82) is 0 Å². The SMILES string of the molecule is CC1CCCC(CNC(=O)CCC2CCCN2)(N(C)C)C1. The van der Waals surface area contributed by atoms with Crippen molar-refractivity contribution in [3.8, 4) is 0 Å². The molecule has 2 N–H and O–H groups in total. The summed E-state index contributed by atoms with van der Waals surface area (Å²) in [6, 6.07) is 0.563. The van der Waals surface area contributed by atoms with Gasteiger partial charge in [-0.15, -0.1) is 0 Å². The molecule has 0 bridgehead atoms. The predicted molar refractivity (Wildman–Crippen MR) is 87.3 cm³/mol. The average molecular weight is 295 g/mol. The minimum atomic E-state index is 0.166. The van der Waals surface area contributed by atoms with Crippen LogP contribution in [0, 0.1) is 5.92 Å². The summed E-state index contributed by atoms with van der Waals surface area (Å²) >= 11 is 0. The summed E-state index contributed by atoms with van der Waals surface area (Å²) < 4.78 is 0. The first-order valence-electron chi connectivity index (χ1n) is 8.69. The van der Waals surface area contributed by atoms with Gasteiger partial charge in [-0.2, -0.15) is 0 Å².